The maximum absolute atomic E-state index is 12.3. The zero-order valence-electron chi connectivity index (χ0n) is 10.7. The van der Waals surface area contributed by atoms with Crippen molar-refractivity contribution in [3.8, 4) is 0 Å². The summed E-state index contributed by atoms with van der Waals surface area (Å²) in [6.45, 7) is 4.13. The molecule has 2 atom stereocenters. The second-order valence-corrected chi connectivity index (χ2v) is 5.41. The molecule has 1 N–H and O–H groups in total. The van der Waals surface area contributed by atoms with Gasteiger partial charge in [-0.05, 0) is 24.3 Å². The lowest BCUT2D eigenvalue weighted by atomic mass is 10.1. The third kappa shape index (κ3) is 2.41. The van der Waals surface area contributed by atoms with E-state index < -0.39 is 0 Å². The normalized spacial score (nSPS) is 21.9. The Balaban J connectivity index is 2.24. The first-order valence-electron chi connectivity index (χ1n) is 6.30. The number of piperazine rings is 1. The van der Waals surface area contributed by atoms with E-state index in [4.69, 9.17) is 0 Å². The number of thiophene rings is 1. The van der Waals surface area contributed by atoms with E-state index in [1.54, 1.807) is 16.2 Å². The van der Waals surface area contributed by atoms with Gasteiger partial charge in [-0.3, -0.25) is 9.59 Å². The number of amides is 2. The lowest BCUT2D eigenvalue weighted by molar-refractivity contribution is -0.146. The molecule has 1 fully saturated rings. The summed E-state index contributed by atoms with van der Waals surface area (Å²) < 4.78 is 0. The van der Waals surface area contributed by atoms with Crippen molar-refractivity contribution >= 4 is 23.2 Å². The minimum Gasteiger partial charge on any atom is -0.343 e. The molecule has 0 spiro atoms. The first kappa shape index (κ1) is 13.1. The van der Waals surface area contributed by atoms with Crippen molar-refractivity contribution in [3.05, 3.63) is 22.4 Å². The van der Waals surface area contributed by atoms with Gasteiger partial charge in [0.05, 0.1) is 6.04 Å². The summed E-state index contributed by atoms with van der Waals surface area (Å²) in [5.41, 5.74) is 0. The average Bonchev–Trinajstić information content (AvgIpc) is 2.87. The molecule has 0 aliphatic carbocycles. The molecule has 2 heterocycles. The van der Waals surface area contributed by atoms with Gasteiger partial charge in [0, 0.05) is 4.88 Å². The fourth-order valence-corrected chi connectivity index (χ4v) is 3.25. The predicted octanol–water partition coefficient (Wildman–Crippen LogP) is 1.94. The Bertz CT molecular complexity index is 430. The molecule has 98 valence electrons. The van der Waals surface area contributed by atoms with Crippen LogP contribution in [-0.2, 0) is 9.59 Å². The van der Waals surface area contributed by atoms with E-state index in [-0.39, 0.29) is 30.4 Å². The monoisotopic (exact) mass is 266 g/mol. The number of hydrogen-bond donors (Lipinski definition) is 1. The number of hydrogen-bond acceptors (Lipinski definition) is 3. The zero-order chi connectivity index (χ0) is 13.1. The van der Waals surface area contributed by atoms with Crippen LogP contribution in [0.3, 0.4) is 0 Å². The Hall–Kier alpha value is -1.36. The molecule has 1 aliphatic heterocycles. The second kappa shape index (κ2) is 5.52. The molecule has 0 aromatic carbocycles. The van der Waals surface area contributed by atoms with Gasteiger partial charge in [-0.25, -0.2) is 0 Å². The molecule has 0 saturated carbocycles. The van der Waals surface area contributed by atoms with Crippen molar-refractivity contribution < 1.29 is 9.59 Å². The van der Waals surface area contributed by atoms with Crippen LogP contribution in [0.5, 0.6) is 0 Å². The quantitative estimate of drug-likeness (QED) is 0.905. The van der Waals surface area contributed by atoms with Crippen molar-refractivity contribution in [1.29, 1.82) is 0 Å². The van der Waals surface area contributed by atoms with E-state index in [9.17, 15) is 9.59 Å². The molecule has 1 saturated heterocycles. The molecule has 2 amide bonds. The largest absolute Gasteiger partial charge is 0.343 e. The van der Waals surface area contributed by atoms with Crippen LogP contribution in [0.1, 0.15) is 37.6 Å². The van der Waals surface area contributed by atoms with Crippen LogP contribution < -0.4 is 5.32 Å². The van der Waals surface area contributed by atoms with Crippen LogP contribution in [0.4, 0.5) is 0 Å². The van der Waals surface area contributed by atoms with Gasteiger partial charge in [0.15, 0.2) is 0 Å². The summed E-state index contributed by atoms with van der Waals surface area (Å²) in [4.78, 5) is 26.9. The van der Waals surface area contributed by atoms with Crippen LogP contribution in [-0.4, -0.2) is 29.3 Å². The fourth-order valence-electron chi connectivity index (χ4n) is 2.33. The summed E-state index contributed by atoms with van der Waals surface area (Å²) in [5.74, 6) is -0.0196. The third-order valence-corrected chi connectivity index (χ3v) is 4.25. The highest BCUT2D eigenvalue weighted by atomic mass is 32.1. The van der Waals surface area contributed by atoms with Gasteiger partial charge >= 0.3 is 0 Å². The van der Waals surface area contributed by atoms with Crippen molar-refractivity contribution in [2.24, 2.45) is 0 Å². The zero-order valence-corrected chi connectivity index (χ0v) is 11.5. The summed E-state index contributed by atoms with van der Waals surface area (Å²) >= 11 is 1.64. The minimum absolute atomic E-state index is 0.0256. The summed E-state index contributed by atoms with van der Waals surface area (Å²) in [6, 6.07) is 3.67. The van der Waals surface area contributed by atoms with Crippen LogP contribution in [0, 0.1) is 0 Å². The van der Waals surface area contributed by atoms with Crippen LogP contribution in [0.2, 0.25) is 0 Å². The molecule has 4 nitrogen and oxygen atoms in total. The van der Waals surface area contributed by atoms with Crippen LogP contribution >= 0.6 is 11.3 Å². The number of carbonyl (C=O) groups is 2. The Kier molecular flexibility index (Phi) is 4.01. The van der Waals surface area contributed by atoms with Gasteiger partial charge in [0.1, 0.15) is 12.6 Å². The van der Waals surface area contributed by atoms with Crippen molar-refractivity contribution in [3.63, 3.8) is 0 Å². The maximum Gasteiger partial charge on any atom is 0.246 e. The predicted molar refractivity (Wildman–Crippen MR) is 71.3 cm³/mol. The lowest BCUT2D eigenvalue weighted by Gasteiger charge is -2.37. The maximum atomic E-state index is 12.3. The summed E-state index contributed by atoms with van der Waals surface area (Å²) in [7, 11) is 0. The Morgan fingerprint density at radius 2 is 2.28 bits per heavy atom. The van der Waals surface area contributed by atoms with E-state index in [2.05, 4.69) is 5.32 Å². The van der Waals surface area contributed by atoms with Gasteiger partial charge in [-0.1, -0.05) is 19.9 Å². The molecule has 1 aliphatic rings. The highest BCUT2D eigenvalue weighted by molar-refractivity contribution is 7.10. The van der Waals surface area contributed by atoms with Crippen molar-refractivity contribution in [1.82, 2.24) is 10.2 Å². The molecule has 0 radical (unpaired) electrons. The van der Waals surface area contributed by atoms with Gasteiger partial charge in [0.25, 0.3) is 0 Å². The number of rotatable bonds is 4. The molecule has 1 aromatic heterocycles. The SMILES string of the molecule is CCC1NC(=O)CN(C(CC)c2cccs2)C1=O. The first-order valence-corrected chi connectivity index (χ1v) is 7.18. The summed E-state index contributed by atoms with van der Waals surface area (Å²) in [5, 5.41) is 4.75. The third-order valence-electron chi connectivity index (χ3n) is 3.27. The van der Waals surface area contributed by atoms with E-state index in [0.717, 1.165) is 11.3 Å². The number of nitrogens with one attached hydrogen (secondary N) is 1. The second-order valence-electron chi connectivity index (χ2n) is 4.43. The van der Waals surface area contributed by atoms with Crippen LogP contribution in [0.25, 0.3) is 0 Å². The first-order chi connectivity index (χ1) is 8.67. The van der Waals surface area contributed by atoms with Gasteiger partial charge < -0.3 is 10.2 Å². The lowest BCUT2D eigenvalue weighted by Crippen LogP contribution is -2.58. The van der Waals surface area contributed by atoms with Gasteiger partial charge in [-0.2, -0.15) is 0 Å². The molecule has 18 heavy (non-hydrogen) atoms. The molecule has 2 unspecified atom stereocenters. The topological polar surface area (TPSA) is 49.4 Å². The molecule has 1 aromatic rings. The molecule has 0 bridgehead atoms. The molecule has 5 heteroatoms. The van der Waals surface area contributed by atoms with E-state index in [1.165, 1.54) is 0 Å². The average molecular weight is 266 g/mol. The molecule has 2 rings (SSSR count). The number of carbonyl (C=O) groups excluding carboxylic acids is 2. The Morgan fingerprint density at radius 1 is 1.50 bits per heavy atom. The highest BCUT2D eigenvalue weighted by Crippen LogP contribution is 2.29. The van der Waals surface area contributed by atoms with E-state index >= 15 is 0 Å². The van der Waals surface area contributed by atoms with Gasteiger partial charge in [-0.15, -0.1) is 11.3 Å². The van der Waals surface area contributed by atoms with Crippen LogP contribution in [0.15, 0.2) is 17.5 Å². The van der Waals surface area contributed by atoms with E-state index in [1.807, 2.05) is 31.4 Å². The smallest absolute Gasteiger partial charge is 0.246 e. The van der Waals surface area contributed by atoms with Crippen molar-refractivity contribution in [2.45, 2.75) is 38.8 Å². The number of nitrogens with zero attached hydrogens (tertiary/aromatic N) is 1. The Labute approximate surface area is 111 Å². The highest BCUT2D eigenvalue weighted by Gasteiger charge is 2.35. The van der Waals surface area contributed by atoms with E-state index in [0.29, 0.717) is 6.42 Å². The molecular weight excluding hydrogens is 248 g/mol. The molecular formula is C13H18N2O2S. The standard InChI is InChI=1S/C13H18N2O2S/c1-3-9-13(17)15(8-12(16)14-9)10(4-2)11-6-5-7-18-11/h5-7,9-10H,3-4,8H2,1-2H3,(H,14,16). The minimum atomic E-state index is -0.361. The Morgan fingerprint density at radius 3 is 2.83 bits per heavy atom. The van der Waals surface area contributed by atoms with Crippen molar-refractivity contribution in [2.75, 3.05) is 6.54 Å². The summed E-state index contributed by atoms with van der Waals surface area (Å²) in [6.07, 6.45) is 1.47. The fraction of sp³-hybridized carbons (Fsp3) is 0.538. The van der Waals surface area contributed by atoms with Gasteiger partial charge in [0.2, 0.25) is 11.8 Å².